The topological polar surface area (TPSA) is 72.2 Å². The molecule has 6 heteroatoms. The maximum Gasteiger partial charge on any atom is 0.269 e. The molecule has 3 aromatic rings. The Morgan fingerprint density at radius 3 is 2.03 bits per heavy atom. The number of Topliss-reactive ketones (excluding diaryl/α,β-unsaturated/α-hetero) is 1. The fourth-order valence-corrected chi connectivity index (χ4v) is 3.19. The van der Waals surface area contributed by atoms with Crippen LogP contribution < -0.4 is 5.32 Å². The van der Waals surface area contributed by atoms with Crippen LogP contribution >= 0.6 is 0 Å². The van der Waals surface area contributed by atoms with Gasteiger partial charge in [0, 0.05) is 29.8 Å². The Morgan fingerprint density at radius 2 is 1.50 bits per heavy atom. The van der Waals surface area contributed by atoms with Crippen LogP contribution in [0.15, 0.2) is 72.8 Å². The van der Waals surface area contributed by atoms with Crippen LogP contribution in [0.3, 0.4) is 0 Å². The maximum absolute atomic E-state index is 13.2. The first-order valence-electron chi connectivity index (χ1n) is 9.73. The first-order chi connectivity index (χ1) is 14.3. The van der Waals surface area contributed by atoms with Gasteiger partial charge < -0.3 is 5.32 Å². The van der Waals surface area contributed by atoms with E-state index in [1.165, 1.54) is 42.0 Å². The summed E-state index contributed by atoms with van der Waals surface area (Å²) in [5.41, 5.74) is 3.22. The number of ketones is 1. The van der Waals surface area contributed by atoms with Crippen LogP contribution in [0.2, 0.25) is 0 Å². The molecule has 0 bridgehead atoms. The van der Waals surface area contributed by atoms with Crippen molar-refractivity contribution in [3.63, 3.8) is 0 Å². The Bertz CT molecular complexity index is 1010. The number of hydrogen-bond acceptors (Lipinski definition) is 4. The van der Waals surface area contributed by atoms with Gasteiger partial charge in [-0.25, -0.2) is 4.39 Å². The van der Waals surface area contributed by atoms with Crippen LogP contribution in [0.4, 0.5) is 15.8 Å². The van der Waals surface area contributed by atoms with Crippen LogP contribution in [0.5, 0.6) is 0 Å². The van der Waals surface area contributed by atoms with Gasteiger partial charge in [0.25, 0.3) is 5.69 Å². The maximum atomic E-state index is 13.2. The molecule has 1 N–H and O–H groups in total. The third-order valence-corrected chi connectivity index (χ3v) is 4.98. The van der Waals surface area contributed by atoms with Crippen molar-refractivity contribution in [2.45, 2.75) is 32.2 Å². The largest absolute Gasteiger partial charge is 0.378 e. The van der Waals surface area contributed by atoms with Gasteiger partial charge >= 0.3 is 0 Å². The molecule has 0 fully saturated rings. The summed E-state index contributed by atoms with van der Waals surface area (Å²) in [4.78, 5) is 23.2. The lowest BCUT2D eigenvalue weighted by atomic mass is 9.95. The average molecular weight is 406 g/mol. The van der Waals surface area contributed by atoms with Gasteiger partial charge in [-0.15, -0.1) is 0 Å². The number of anilines is 1. The summed E-state index contributed by atoms with van der Waals surface area (Å²) in [5.74, 6) is -0.125. The second-order valence-corrected chi connectivity index (χ2v) is 7.46. The highest BCUT2D eigenvalue weighted by Gasteiger charge is 2.18. The quantitative estimate of drug-likeness (QED) is 0.271. The smallest absolute Gasteiger partial charge is 0.269 e. The van der Waals surface area contributed by atoms with E-state index in [0.29, 0.717) is 17.2 Å². The van der Waals surface area contributed by atoms with E-state index >= 15 is 0 Å². The zero-order chi connectivity index (χ0) is 21.7. The molecule has 0 aromatic heterocycles. The molecule has 0 aliphatic carbocycles. The van der Waals surface area contributed by atoms with E-state index in [0.717, 1.165) is 5.56 Å². The van der Waals surface area contributed by atoms with Crippen molar-refractivity contribution in [2.75, 3.05) is 5.32 Å². The predicted molar refractivity (Wildman–Crippen MR) is 115 cm³/mol. The van der Waals surface area contributed by atoms with E-state index in [9.17, 15) is 19.3 Å². The number of carbonyl (C=O) groups is 1. The SMILES string of the molecule is CC(C)c1ccc([C@@H](CC(=O)c2ccc(F)cc2)Nc2ccc([N+](=O)[O-])cc2)cc1. The number of nitro benzene ring substituents is 1. The number of benzene rings is 3. The summed E-state index contributed by atoms with van der Waals surface area (Å²) < 4.78 is 13.2. The van der Waals surface area contributed by atoms with Crippen molar-refractivity contribution >= 4 is 17.2 Å². The highest BCUT2D eigenvalue weighted by Crippen LogP contribution is 2.27. The van der Waals surface area contributed by atoms with E-state index in [2.05, 4.69) is 19.2 Å². The molecule has 30 heavy (non-hydrogen) atoms. The van der Waals surface area contributed by atoms with Gasteiger partial charge in [-0.1, -0.05) is 38.1 Å². The minimum absolute atomic E-state index is 0.000717. The highest BCUT2D eigenvalue weighted by molar-refractivity contribution is 5.96. The van der Waals surface area contributed by atoms with Crippen molar-refractivity contribution in [1.29, 1.82) is 0 Å². The molecular formula is C24H23FN2O3. The van der Waals surface area contributed by atoms with Crippen molar-refractivity contribution in [3.8, 4) is 0 Å². The number of carbonyl (C=O) groups excluding carboxylic acids is 1. The molecule has 0 unspecified atom stereocenters. The minimum atomic E-state index is -0.454. The number of nitrogens with one attached hydrogen (secondary N) is 1. The van der Waals surface area contributed by atoms with Crippen LogP contribution in [-0.4, -0.2) is 10.7 Å². The van der Waals surface area contributed by atoms with E-state index in [1.54, 1.807) is 12.1 Å². The molecule has 0 saturated heterocycles. The fraction of sp³-hybridized carbons (Fsp3) is 0.208. The molecule has 0 heterocycles. The molecule has 3 aromatic carbocycles. The second kappa shape index (κ2) is 9.31. The van der Waals surface area contributed by atoms with Crippen LogP contribution in [-0.2, 0) is 0 Å². The monoisotopic (exact) mass is 406 g/mol. The number of hydrogen-bond donors (Lipinski definition) is 1. The first-order valence-corrected chi connectivity index (χ1v) is 9.73. The molecule has 3 rings (SSSR count). The van der Waals surface area contributed by atoms with Gasteiger partial charge in [-0.2, -0.15) is 0 Å². The molecule has 1 atom stereocenters. The highest BCUT2D eigenvalue weighted by atomic mass is 19.1. The lowest BCUT2D eigenvalue weighted by molar-refractivity contribution is -0.384. The second-order valence-electron chi connectivity index (χ2n) is 7.46. The lowest BCUT2D eigenvalue weighted by Crippen LogP contribution is -2.16. The van der Waals surface area contributed by atoms with Gasteiger partial charge in [0.05, 0.1) is 11.0 Å². The van der Waals surface area contributed by atoms with Gasteiger partial charge in [-0.3, -0.25) is 14.9 Å². The molecular weight excluding hydrogens is 383 g/mol. The van der Waals surface area contributed by atoms with Gasteiger partial charge in [-0.05, 0) is 53.4 Å². The molecule has 0 amide bonds. The van der Waals surface area contributed by atoms with Gasteiger partial charge in [0.1, 0.15) is 5.82 Å². The first kappa shape index (κ1) is 21.2. The Balaban J connectivity index is 1.86. The predicted octanol–water partition coefficient (Wildman–Crippen LogP) is 6.28. The zero-order valence-corrected chi connectivity index (χ0v) is 16.8. The normalized spacial score (nSPS) is 11.9. The third-order valence-electron chi connectivity index (χ3n) is 4.98. The molecule has 0 saturated carbocycles. The number of rotatable bonds is 8. The summed E-state index contributed by atoms with van der Waals surface area (Å²) >= 11 is 0. The van der Waals surface area contributed by atoms with Crippen molar-refractivity contribution in [3.05, 3.63) is 105 Å². The molecule has 154 valence electrons. The zero-order valence-electron chi connectivity index (χ0n) is 16.8. The van der Waals surface area contributed by atoms with Crippen molar-refractivity contribution in [2.24, 2.45) is 0 Å². The lowest BCUT2D eigenvalue weighted by Gasteiger charge is -2.21. The van der Waals surface area contributed by atoms with E-state index in [1.807, 2.05) is 24.3 Å². The van der Waals surface area contributed by atoms with Crippen LogP contribution in [0.25, 0.3) is 0 Å². The van der Waals surface area contributed by atoms with Crippen LogP contribution in [0, 0.1) is 15.9 Å². The molecule has 5 nitrogen and oxygen atoms in total. The number of nitro groups is 1. The summed E-state index contributed by atoms with van der Waals surface area (Å²) in [6, 6.07) is 19.3. The summed E-state index contributed by atoms with van der Waals surface area (Å²) in [5, 5.41) is 14.2. The summed E-state index contributed by atoms with van der Waals surface area (Å²) in [6.07, 6.45) is 0.156. The van der Waals surface area contributed by atoms with E-state index in [4.69, 9.17) is 0 Å². The standard InChI is InChI=1S/C24H23FN2O3/c1-16(2)17-3-5-18(6-4-17)23(15-24(28)19-7-9-20(25)10-8-19)26-21-11-13-22(14-12-21)27(29)30/h3-14,16,23,26H,15H2,1-2H3/t23-/m1/s1. The summed E-state index contributed by atoms with van der Waals surface area (Å²) in [6.45, 7) is 4.22. The van der Waals surface area contributed by atoms with Crippen molar-refractivity contribution < 1.29 is 14.1 Å². The van der Waals surface area contributed by atoms with E-state index < -0.39 is 10.7 Å². The van der Waals surface area contributed by atoms with Gasteiger partial charge in [0.15, 0.2) is 5.78 Å². The van der Waals surface area contributed by atoms with Crippen LogP contribution in [0.1, 0.15) is 53.7 Å². The average Bonchev–Trinajstić information content (AvgIpc) is 2.74. The fourth-order valence-electron chi connectivity index (χ4n) is 3.19. The van der Waals surface area contributed by atoms with Gasteiger partial charge in [0.2, 0.25) is 0 Å². The number of nitrogens with zero attached hydrogens (tertiary/aromatic N) is 1. The number of non-ortho nitro benzene ring substituents is 1. The Morgan fingerprint density at radius 1 is 0.933 bits per heavy atom. The Hall–Kier alpha value is -3.54. The molecule has 0 aliphatic heterocycles. The molecule has 0 aliphatic rings. The van der Waals surface area contributed by atoms with Crippen molar-refractivity contribution in [1.82, 2.24) is 0 Å². The minimum Gasteiger partial charge on any atom is -0.378 e. The Labute approximate surface area is 174 Å². The number of halogens is 1. The third kappa shape index (κ3) is 5.29. The van der Waals surface area contributed by atoms with E-state index in [-0.39, 0.29) is 23.9 Å². The molecule has 0 spiro atoms. The Kier molecular flexibility index (Phi) is 6.57. The molecule has 0 radical (unpaired) electrons. The summed E-state index contributed by atoms with van der Waals surface area (Å²) in [7, 11) is 0.